The van der Waals surface area contributed by atoms with Crippen molar-refractivity contribution in [2.75, 3.05) is 4.67 Å². The minimum atomic E-state index is -1.90. The molecule has 2 atom stereocenters. The van der Waals surface area contributed by atoms with Crippen LogP contribution in [0.25, 0.3) is 43.5 Å². The van der Waals surface area contributed by atoms with Crippen molar-refractivity contribution >= 4 is 64.9 Å². The van der Waals surface area contributed by atoms with Crippen LogP contribution in [0.4, 0.5) is 0 Å². The summed E-state index contributed by atoms with van der Waals surface area (Å²) in [6.45, 7) is 10.2. The SMILES string of the molecule is CC[Si](C)(CC)c1cc2ccccc2c2c1op(N(Cc1ccccc1)[C@H](C)c1ccccc1)oc1ccc3ccccc3c12. The predicted molar refractivity (Wildman–Crippen MR) is 197 cm³/mol. The highest BCUT2D eigenvalue weighted by Gasteiger charge is 2.31. The largest absolute Gasteiger partial charge is 0.408 e. The fourth-order valence-corrected chi connectivity index (χ4v) is 10.8. The van der Waals surface area contributed by atoms with Gasteiger partial charge in [0.1, 0.15) is 11.2 Å². The molecule has 0 saturated heterocycles. The summed E-state index contributed by atoms with van der Waals surface area (Å²) in [6, 6.07) is 48.1. The molecule has 45 heavy (non-hydrogen) atoms. The van der Waals surface area contributed by atoms with Gasteiger partial charge >= 0.3 is 8.16 Å². The summed E-state index contributed by atoms with van der Waals surface area (Å²) in [7, 11) is -3.45. The van der Waals surface area contributed by atoms with Crippen LogP contribution >= 0.6 is 8.16 Å². The quantitative estimate of drug-likeness (QED) is 0.157. The smallest absolute Gasteiger partial charge is 0.310 e. The van der Waals surface area contributed by atoms with E-state index in [1.54, 1.807) is 0 Å². The molecule has 0 radical (unpaired) electrons. The highest BCUT2D eigenvalue weighted by atomic mass is 31.1. The second-order valence-corrected chi connectivity index (χ2v) is 18.8. The molecule has 0 spiro atoms. The van der Waals surface area contributed by atoms with Gasteiger partial charge in [0.15, 0.2) is 0 Å². The lowest BCUT2D eigenvalue weighted by molar-refractivity contribution is 0.594. The van der Waals surface area contributed by atoms with Crippen LogP contribution < -0.4 is 9.86 Å². The lowest BCUT2D eigenvalue weighted by atomic mass is 9.98. The third kappa shape index (κ3) is 5.42. The van der Waals surface area contributed by atoms with Crippen LogP contribution in [0.5, 0.6) is 0 Å². The Morgan fingerprint density at radius 1 is 0.667 bits per heavy atom. The van der Waals surface area contributed by atoms with Crippen molar-refractivity contribution in [1.82, 2.24) is 0 Å². The molecule has 7 aromatic rings. The molecule has 1 unspecified atom stereocenters. The third-order valence-electron chi connectivity index (χ3n) is 9.83. The Bertz CT molecular complexity index is 2160. The van der Waals surface area contributed by atoms with E-state index in [0.717, 1.165) is 28.6 Å². The van der Waals surface area contributed by atoms with E-state index < -0.39 is 16.2 Å². The standard InChI is InChI=1S/C40H40NO2PSi/c1-5-45(4,6-2)37-27-33-22-14-16-24-35(33)39-38-34-23-15-13-21-32(34)25-26-36(38)42-44(43-40(37)39)41(28-30-17-9-7-10-18-30)29(3)31-19-11-8-12-20-31/h7-27,29H,5-6,28H2,1-4H3/t29-,44?/m1/s1. The minimum absolute atomic E-state index is 0.0628. The van der Waals surface area contributed by atoms with Crippen LogP contribution in [0.15, 0.2) is 136 Å². The maximum atomic E-state index is 7.46. The van der Waals surface area contributed by atoms with Gasteiger partial charge in [0.25, 0.3) is 0 Å². The summed E-state index contributed by atoms with van der Waals surface area (Å²) in [5.41, 5.74) is 4.38. The first kappa shape index (κ1) is 29.6. The molecule has 0 saturated carbocycles. The van der Waals surface area contributed by atoms with Crippen molar-refractivity contribution in [3.63, 3.8) is 0 Å². The van der Waals surface area contributed by atoms with Crippen LogP contribution in [0, 0.1) is 0 Å². The zero-order chi connectivity index (χ0) is 31.0. The molecule has 1 aromatic heterocycles. The van der Waals surface area contributed by atoms with Gasteiger partial charge in [-0.25, -0.2) is 0 Å². The Balaban J connectivity index is 1.66. The molecule has 5 heteroatoms. The van der Waals surface area contributed by atoms with Gasteiger partial charge in [0, 0.05) is 23.4 Å². The minimum Gasteiger partial charge on any atom is -0.408 e. The molecule has 6 aromatic carbocycles. The van der Waals surface area contributed by atoms with Gasteiger partial charge in [-0.3, -0.25) is 0 Å². The van der Waals surface area contributed by atoms with Crippen molar-refractivity contribution in [3.05, 3.63) is 139 Å². The van der Waals surface area contributed by atoms with E-state index >= 15 is 0 Å². The summed E-state index contributed by atoms with van der Waals surface area (Å²) in [5, 5.41) is 8.58. The first-order chi connectivity index (χ1) is 22.0. The molecular formula is C40H40NO2PSi. The van der Waals surface area contributed by atoms with Crippen molar-refractivity contribution in [1.29, 1.82) is 0 Å². The van der Waals surface area contributed by atoms with Crippen LogP contribution in [-0.2, 0) is 6.54 Å². The second-order valence-electron chi connectivity index (χ2n) is 12.4. The second kappa shape index (κ2) is 12.4. The van der Waals surface area contributed by atoms with E-state index in [9.17, 15) is 0 Å². The number of hydrogen-bond donors (Lipinski definition) is 0. The van der Waals surface area contributed by atoms with E-state index in [0.29, 0.717) is 6.54 Å². The maximum absolute atomic E-state index is 7.46. The highest BCUT2D eigenvalue weighted by Crippen LogP contribution is 2.45. The number of rotatable bonds is 8. The Kier molecular flexibility index (Phi) is 8.14. The topological polar surface area (TPSA) is 29.5 Å². The summed E-state index contributed by atoms with van der Waals surface area (Å²) in [5.74, 6) is 0. The summed E-state index contributed by atoms with van der Waals surface area (Å²) >= 11 is 0. The molecule has 0 aliphatic carbocycles. The average Bonchev–Trinajstić information content (AvgIpc) is 3.28. The van der Waals surface area contributed by atoms with Crippen LogP contribution in [-0.4, -0.2) is 8.07 Å². The molecular weight excluding hydrogens is 586 g/mol. The Morgan fingerprint density at radius 3 is 1.96 bits per heavy atom. The highest BCUT2D eigenvalue weighted by molar-refractivity contribution is 7.39. The zero-order valence-electron chi connectivity index (χ0n) is 26.5. The van der Waals surface area contributed by atoms with Crippen LogP contribution in [0.3, 0.4) is 0 Å². The van der Waals surface area contributed by atoms with Crippen molar-refractivity contribution in [2.45, 2.75) is 52.0 Å². The predicted octanol–water partition coefficient (Wildman–Crippen LogP) is 11.8. The fourth-order valence-electron chi connectivity index (χ4n) is 6.63. The van der Waals surface area contributed by atoms with Gasteiger partial charge in [-0.2, -0.15) is 4.67 Å². The number of hydrogen-bond acceptors (Lipinski definition) is 3. The van der Waals surface area contributed by atoms with E-state index in [4.69, 9.17) is 8.39 Å². The molecule has 0 fully saturated rings. The number of fused-ring (bicyclic) bond motifs is 7. The van der Waals surface area contributed by atoms with Crippen LogP contribution in [0.1, 0.15) is 37.9 Å². The lowest BCUT2D eigenvalue weighted by Gasteiger charge is -2.28. The third-order valence-corrected chi connectivity index (χ3v) is 16.2. The fraction of sp³-hybridized carbons (Fsp3) is 0.200. The average molecular weight is 626 g/mol. The molecule has 0 aliphatic rings. The molecule has 0 amide bonds. The first-order valence-corrected chi connectivity index (χ1v) is 20.1. The lowest BCUT2D eigenvalue weighted by Crippen LogP contribution is -2.43. The Hall–Kier alpha value is -4.08. The molecule has 0 bridgehead atoms. The summed E-state index contributed by atoms with van der Waals surface area (Å²) in [4.78, 5) is 0. The van der Waals surface area contributed by atoms with E-state index in [1.807, 2.05) is 0 Å². The molecule has 3 nitrogen and oxygen atoms in total. The number of nitrogens with zero attached hydrogens (tertiary/aromatic N) is 1. The monoisotopic (exact) mass is 625 g/mol. The summed E-state index contributed by atoms with van der Waals surface area (Å²) in [6.07, 6.45) is 0. The van der Waals surface area contributed by atoms with Crippen LogP contribution in [0.2, 0.25) is 18.6 Å². The molecule has 0 aliphatic heterocycles. The molecule has 0 N–H and O–H groups in total. The van der Waals surface area contributed by atoms with Crippen molar-refractivity contribution in [2.24, 2.45) is 0 Å². The first-order valence-electron chi connectivity index (χ1n) is 16.1. The zero-order valence-corrected chi connectivity index (χ0v) is 28.4. The summed E-state index contributed by atoms with van der Waals surface area (Å²) < 4.78 is 17.1. The van der Waals surface area contributed by atoms with E-state index in [2.05, 4.69) is 159 Å². The van der Waals surface area contributed by atoms with Gasteiger partial charge in [0.05, 0.1) is 8.07 Å². The Labute approximate surface area is 267 Å². The normalized spacial score (nSPS) is 13.2. The maximum Gasteiger partial charge on any atom is 0.310 e. The van der Waals surface area contributed by atoms with Gasteiger partial charge < -0.3 is 8.39 Å². The molecule has 226 valence electrons. The molecule has 1 heterocycles. The number of benzene rings is 6. The van der Waals surface area contributed by atoms with Crippen molar-refractivity contribution in [3.8, 4) is 0 Å². The molecule has 7 rings (SSSR count). The Morgan fingerprint density at radius 2 is 1.27 bits per heavy atom. The van der Waals surface area contributed by atoms with Crippen molar-refractivity contribution < 1.29 is 8.39 Å². The van der Waals surface area contributed by atoms with Gasteiger partial charge in [-0.05, 0) is 50.8 Å². The van der Waals surface area contributed by atoms with Gasteiger partial charge in [0.2, 0.25) is 0 Å². The van der Waals surface area contributed by atoms with E-state index in [1.165, 1.54) is 43.2 Å². The van der Waals surface area contributed by atoms with E-state index in [-0.39, 0.29) is 6.04 Å². The van der Waals surface area contributed by atoms with Gasteiger partial charge in [-0.15, -0.1) is 0 Å². The van der Waals surface area contributed by atoms with Gasteiger partial charge in [-0.1, -0.05) is 154 Å².